The Balaban J connectivity index is 1.69. The molecule has 3 rings (SSSR count). The summed E-state index contributed by atoms with van der Waals surface area (Å²) in [6.07, 6.45) is 1.74. The molecule has 0 aromatic carbocycles. The molecule has 124 valence electrons. The fourth-order valence-electron chi connectivity index (χ4n) is 2.16. The van der Waals surface area contributed by atoms with Crippen molar-refractivity contribution in [1.29, 1.82) is 0 Å². The number of hydrogen-bond donors (Lipinski definition) is 1. The van der Waals surface area contributed by atoms with Crippen LogP contribution in [-0.4, -0.2) is 30.0 Å². The molecule has 3 aromatic heterocycles. The van der Waals surface area contributed by atoms with Crippen LogP contribution < -0.4 is 10.2 Å². The number of rotatable bonds is 5. The zero-order valence-corrected chi connectivity index (χ0v) is 15.5. The van der Waals surface area contributed by atoms with E-state index in [1.54, 1.807) is 11.6 Å². The van der Waals surface area contributed by atoms with Crippen LogP contribution in [-0.2, 0) is 6.54 Å². The van der Waals surface area contributed by atoms with Gasteiger partial charge in [0.05, 0.1) is 9.21 Å². The maximum absolute atomic E-state index is 12.3. The number of thiophene rings is 1. The molecule has 1 amide bonds. The van der Waals surface area contributed by atoms with Crippen LogP contribution in [0.15, 0.2) is 35.8 Å². The lowest BCUT2D eigenvalue weighted by Crippen LogP contribution is -2.24. The SMILES string of the molecule is CN(C)c1ncccc1CNC(=O)c1csc(-c2ccc(Cl)s2)n1. The lowest BCUT2D eigenvalue weighted by Gasteiger charge is -2.15. The van der Waals surface area contributed by atoms with Gasteiger partial charge in [-0.1, -0.05) is 17.7 Å². The minimum Gasteiger partial charge on any atom is -0.362 e. The van der Waals surface area contributed by atoms with E-state index < -0.39 is 0 Å². The molecule has 5 nitrogen and oxygen atoms in total. The zero-order valence-electron chi connectivity index (χ0n) is 13.1. The first kappa shape index (κ1) is 16.9. The molecule has 0 aliphatic rings. The summed E-state index contributed by atoms with van der Waals surface area (Å²) in [6, 6.07) is 7.54. The first-order valence-corrected chi connectivity index (χ1v) is 9.22. The van der Waals surface area contributed by atoms with Gasteiger partial charge in [-0.3, -0.25) is 4.79 Å². The Morgan fingerprint density at radius 1 is 1.33 bits per heavy atom. The standard InChI is InChI=1S/C16H15ClN4OS2/c1-21(2)14-10(4-3-7-18-14)8-19-15(22)11-9-23-16(20-11)12-5-6-13(17)24-12/h3-7,9H,8H2,1-2H3,(H,19,22). The first-order valence-electron chi connectivity index (χ1n) is 7.15. The molecule has 0 spiro atoms. The molecule has 0 saturated heterocycles. The molecular formula is C16H15ClN4OS2. The second kappa shape index (κ2) is 7.29. The van der Waals surface area contributed by atoms with E-state index in [2.05, 4.69) is 15.3 Å². The summed E-state index contributed by atoms with van der Waals surface area (Å²) in [5, 5.41) is 5.45. The van der Waals surface area contributed by atoms with Crippen molar-refractivity contribution in [2.75, 3.05) is 19.0 Å². The number of nitrogens with zero attached hydrogens (tertiary/aromatic N) is 3. The third-order valence-corrected chi connectivity index (χ3v) is 5.49. The summed E-state index contributed by atoms with van der Waals surface area (Å²) in [7, 11) is 3.85. The van der Waals surface area contributed by atoms with Crippen LogP contribution in [0.5, 0.6) is 0 Å². The second-order valence-corrected chi connectivity index (χ2v) is 7.78. The fourth-order valence-corrected chi connectivity index (χ4v) is 4.07. The van der Waals surface area contributed by atoms with Gasteiger partial charge in [0, 0.05) is 37.8 Å². The van der Waals surface area contributed by atoms with Gasteiger partial charge in [-0.15, -0.1) is 22.7 Å². The van der Waals surface area contributed by atoms with Crippen LogP contribution in [0.25, 0.3) is 9.88 Å². The van der Waals surface area contributed by atoms with Crippen molar-refractivity contribution < 1.29 is 4.79 Å². The van der Waals surface area contributed by atoms with Crippen LogP contribution in [0.2, 0.25) is 4.34 Å². The van der Waals surface area contributed by atoms with Gasteiger partial charge in [-0.2, -0.15) is 0 Å². The van der Waals surface area contributed by atoms with Gasteiger partial charge < -0.3 is 10.2 Å². The number of hydrogen-bond acceptors (Lipinski definition) is 6. The minimum absolute atomic E-state index is 0.200. The highest BCUT2D eigenvalue weighted by Gasteiger charge is 2.14. The molecule has 0 aliphatic heterocycles. The minimum atomic E-state index is -0.200. The number of pyridine rings is 1. The van der Waals surface area contributed by atoms with E-state index in [1.165, 1.54) is 22.7 Å². The predicted octanol–water partition coefficient (Wildman–Crippen LogP) is 3.92. The number of halogens is 1. The summed E-state index contributed by atoms with van der Waals surface area (Å²) < 4.78 is 0.707. The lowest BCUT2D eigenvalue weighted by atomic mass is 10.2. The Hall–Kier alpha value is -1.96. The van der Waals surface area contributed by atoms with Gasteiger partial charge in [-0.25, -0.2) is 9.97 Å². The molecule has 24 heavy (non-hydrogen) atoms. The van der Waals surface area contributed by atoms with Crippen LogP contribution in [0, 0.1) is 0 Å². The molecule has 0 unspecified atom stereocenters. The third kappa shape index (κ3) is 3.75. The van der Waals surface area contributed by atoms with Gasteiger partial charge in [0.25, 0.3) is 5.91 Å². The smallest absolute Gasteiger partial charge is 0.271 e. The highest BCUT2D eigenvalue weighted by Crippen LogP contribution is 2.32. The van der Waals surface area contributed by atoms with E-state index in [9.17, 15) is 4.79 Å². The van der Waals surface area contributed by atoms with Crippen molar-refractivity contribution in [2.24, 2.45) is 0 Å². The van der Waals surface area contributed by atoms with Crippen LogP contribution in [0.1, 0.15) is 16.1 Å². The number of amides is 1. The molecule has 0 atom stereocenters. The topological polar surface area (TPSA) is 58.1 Å². The van der Waals surface area contributed by atoms with Gasteiger partial charge in [0.1, 0.15) is 16.5 Å². The van der Waals surface area contributed by atoms with E-state index >= 15 is 0 Å². The van der Waals surface area contributed by atoms with Gasteiger partial charge in [0.2, 0.25) is 0 Å². The van der Waals surface area contributed by atoms with Crippen LogP contribution >= 0.6 is 34.3 Å². The number of thiazole rings is 1. The summed E-state index contributed by atoms with van der Waals surface area (Å²) in [4.78, 5) is 23.9. The molecule has 0 saturated carbocycles. The monoisotopic (exact) mass is 378 g/mol. The van der Waals surface area contributed by atoms with Crippen LogP contribution in [0.4, 0.5) is 5.82 Å². The maximum Gasteiger partial charge on any atom is 0.271 e. The third-order valence-electron chi connectivity index (χ3n) is 3.25. The average molecular weight is 379 g/mol. The lowest BCUT2D eigenvalue weighted by molar-refractivity contribution is 0.0946. The molecule has 0 radical (unpaired) electrons. The Bertz CT molecular complexity index is 859. The predicted molar refractivity (Wildman–Crippen MR) is 100 cm³/mol. The highest BCUT2D eigenvalue weighted by molar-refractivity contribution is 7.23. The van der Waals surface area contributed by atoms with Crippen LogP contribution in [0.3, 0.4) is 0 Å². The quantitative estimate of drug-likeness (QED) is 0.731. The van der Waals surface area contributed by atoms with E-state index in [1.807, 2.05) is 43.3 Å². The van der Waals surface area contributed by atoms with Crippen molar-refractivity contribution in [1.82, 2.24) is 15.3 Å². The number of aromatic nitrogens is 2. The number of nitrogens with one attached hydrogen (secondary N) is 1. The number of carbonyl (C=O) groups is 1. The van der Waals surface area contributed by atoms with E-state index in [0.29, 0.717) is 16.6 Å². The average Bonchev–Trinajstić information content (AvgIpc) is 3.21. The summed E-state index contributed by atoms with van der Waals surface area (Å²) in [6.45, 7) is 0.401. The Morgan fingerprint density at radius 3 is 2.88 bits per heavy atom. The fraction of sp³-hybridized carbons (Fsp3) is 0.188. The van der Waals surface area contributed by atoms with E-state index in [4.69, 9.17) is 11.6 Å². The largest absolute Gasteiger partial charge is 0.362 e. The Morgan fingerprint density at radius 2 is 2.17 bits per heavy atom. The van der Waals surface area contributed by atoms with Gasteiger partial charge in [0.15, 0.2) is 0 Å². The second-order valence-electron chi connectivity index (χ2n) is 5.20. The Kier molecular flexibility index (Phi) is 5.13. The molecule has 3 heterocycles. The normalized spacial score (nSPS) is 10.6. The molecular weight excluding hydrogens is 364 g/mol. The number of carbonyl (C=O) groups excluding carboxylic acids is 1. The molecule has 0 bridgehead atoms. The van der Waals surface area contributed by atoms with Crippen molar-refractivity contribution in [3.05, 3.63) is 51.4 Å². The van der Waals surface area contributed by atoms with Crippen molar-refractivity contribution in [3.63, 3.8) is 0 Å². The van der Waals surface area contributed by atoms with Crippen molar-refractivity contribution >= 4 is 46.0 Å². The van der Waals surface area contributed by atoms with Gasteiger partial charge >= 0.3 is 0 Å². The molecule has 0 fully saturated rings. The molecule has 1 N–H and O–H groups in total. The molecule has 0 aliphatic carbocycles. The van der Waals surface area contributed by atoms with Gasteiger partial charge in [-0.05, 0) is 18.2 Å². The van der Waals surface area contributed by atoms with Crippen molar-refractivity contribution in [3.8, 4) is 9.88 Å². The zero-order chi connectivity index (χ0) is 17.1. The molecule has 3 aromatic rings. The molecule has 8 heteroatoms. The van der Waals surface area contributed by atoms with E-state index in [-0.39, 0.29) is 5.91 Å². The summed E-state index contributed by atoms with van der Waals surface area (Å²) in [5.74, 6) is 0.638. The number of anilines is 1. The maximum atomic E-state index is 12.3. The highest BCUT2D eigenvalue weighted by atomic mass is 35.5. The summed E-state index contributed by atoms with van der Waals surface area (Å²) in [5.41, 5.74) is 1.37. The van der Waals surface area contributed by atoms with Crippen molar-refractivity contribution in [2.45, 2.75) is 6.54 Å². The first-order chi connectivity index (χ1) is 11.5. The summed E-state index contributed by atoms with van der Waals surface area (Å²) >= 11 is 8.83. The van der Waals surface area contributed by atoms with E-state index in [0.717, 1.165) is 21.3 Å². The Labute approximate surface area is 152 Å².